The average Bonchev–Trinajstić information content (AvgIpc) is 2.36. The molecule has 0 aliphatic carbocycles. The molecule has 0 heterocycles. The van der Waals surface area contributed by atoms with Crippen molar-refractivity contribution >= 4 is 36.4 Å². The summed E-state index contributed by atoms with van der Waals surface area (Å²) in [4.78, 5) is 0. The molecule has 0 bridgehead atoms. The van der Waals surface area contributed by atoms with Gasteiger partial charge in [-0.25, -0.2) is 0 Å². The predicted octanol–water partition coefficient (Wildman–Crippen LogP) is 5.62. The van der Waals surface area contributed by atoms with Crippen LogP contribution in [0.5, 0.6) is 5.75 Å². The molecule has 0 aliphatic rings. The summed E-state index contributed by atoms with van der Waals surface area (Å²) in [5, 5.41) is 4.08. The van der Waals surface area contributed by atoms with E-state index in [4.69, 9.17) is 27.7 Å². The zero-order chi connectivity index (χ0) is 14.8. The summed E-state index contributed by atoms with van der Waals surface area (Å²) in [5.74, 6) is 0.493. The van der Waals surface area contributed by atoms with Gasteiger partial charge in [0.05, 0.1) is 0 Å². The number of hydrogen-bond donors (Lipinski definition) is 1. The van der Waals surface area contributed by atoms with Gasteiger partial charge in [0.15, 0.2) is 0 Å². The molecule has 0 amide bonds. The summed E-state index contributed by atoms with van der Waals surface area (Å²) in [7, 11) is -3.05. The summed E-state index contributed by atoms with van der Waals surface area (Å²) >= 11 is 11.7. The van der Waals surface area contributed by atoms with E-state index in [9.17, 15) is 4.57 Å². The van der Waals surface area contributed by atoms with Crippen molar-refractivity contribution in [1.29, 1.82) is 0 Å². The van der Waals surface area contributed by atoms with E-state index in [1.54, 1.807) is 36.4 Å². The molecular weight excluding hydrogens is 316 g/mol. The first-order valence-corrected chi connectivity index (χ1v) is 8.76. The quantitative estimate of drug-likeness (QED) is 0.740. The van der Waals surface area contributed by atoms with Gasteiger partial charge in [0.25, 0.3) is 0 Å². The minimum absolute atomic E-state index is 0.493. The molecule has 6 heteroatoms. The molecule has 3 nitrogen and oxygen atoms in total. The van der Waals surface area contributed by atoms with Crippen LogP contribution in [0.3, 0.4) is 0 Å². The molecule has 2 aromatic rings. The molecule has 20 heavy (non-hydrogen) atoms. The highest BCUT2D eigenvalue weighted by Gasteiger charge is 2.18. The molecule has 0 unspecified atom stereocenters. The molecule has 0 radical (unpaired) electrons. The van der Waals surface area contributed by atoms with Crippen LogP contribution in [0.1, 0.15) is 5.56 Å². The first-order chi connectivity index (χ1) is 9.35. The third-order valence-electron chi connectivity index (χ3n) is 2.62. The second-order valence-corrected chi connectivity index (χ2v) is 7.43. The Kier molecular flexibility index (Phi) is 4.64. The van der Waals surface area contributed by atoms with Gasteiger partial charge in [-0.2, -0.15) is 0 Å². The zero-order valence-electron chi connectivity index (χ0n) is 11.1. The average molecular weight is 330 g/mol. The highest BCUT2D eigenvalue weighted by Crippen LogP contribution is 2.44. The molecule has 0 saturated heterocycles. The second kappa shape index (κ2) is 6.09. The lowest BCUT2D eigenvalue weighted by Gasteiger charge is -2.19. The Morgan fingerprint density at radius 1 is 1.05 bits per heavy atom. The first kappa shape index (κ1) is 15.2. The van der Waals surface area contributed by atoms with Crippen molar-refractivity contribution in [3.63, 3.8) is 0 Å². The van der Waals surface area contributed by atoms with Crippen LogP contribution in [0, 0.1) is 6.92 Å². The van der Waals surface area contributed by atoms with Crippen molar-refractivity contribution in [2.45, 2.75) is 6.92 Å². The smallest absolute Gasteiger partial charge is 0.338 e. The predicted molar refractivity (Wildman–Crippen MR) is 85.4 cm³/mol. The number of benzene rings is 2. The Morgan fingerprint density at radius 2 is 1.65 bits per heavy atom. The molecule has 2 aromatic carbocycles. The van der Waals surface area contributed by atoms with Crippen LogP contribution < -0.4 is 9.61 Å². The molecule has 2 rings (SSSR count). The van der Waals surface area contributed by atoms with Crippen LogP contribution in [0.2, 0.25) is 10.0 Å². The van der Waals surface area contributed by atoms with Gasteiger partial charge in [-0.15, -0.1) is 0 Å². The fourth-order valence-electron chi connectivity index (χ4n) is 1.65. The van der Waals surface area contributed by atoms with Crippen molar-refractivity contribution in [2.75, 3.05) is 11.8 Å². The molecule has 106 valence electrons. The molecular formula is C14H14Cl2NO2P. The third kappa shape index (κ3) is 4.17. The zero-order valence-corrected chi connectivity index (χ0v) is 13.5. The van der Waals surface area contributed by atoms with E-state index in [1.165, 1.54) is 6.66 Å². The first-order valence-electron chi connectivity index (χ1n) is 5.93. The van der Waals surface area contributed by atoms with E-state index in [0.717, 1.165) is 5.56 Å². The Morgan fingerprint density at radius 3 is 2.30 bits per heavy atom. The van der Waals surface area contributed by atoms with Crippen LogP contribution in [0.4, 0.5) is 5.69 Å². The highest BCUT2D eigenvalue weighted by atomic mass is 35.5. The summed E-state index contributed by atoms with van der Waals surface area (Å²) in [6.45, 7) is 3.42. The lowest BCUT2D eigenvalue weighted by molar-refractivity contribution is 0.493. The monoisotopic (exact) mass is 329 g/mol. The van der Waals surface area contributed by atoms with Gasteiger partial charge >= 0.3 is 7.52 Å². The molecule has 0 spiro atoms. The molecule has 0 aromatic heterocycles. The van der Waals surface area contributed by atoms with Gasteiger partial charge in [0, 0.05) is 22.4 Å². The standard InChI is InChI=1S/C14H14Cl2NO2P/c1-10-3-4-12(16)9-14(10)17-20(2,18)19-13-7-5-11(15)6-8-13/h3-9H,1-2H3,(H,17,18)/t20-/m1/s1. The van der Waals surface area contributed by atoms with Crippen molar-refractivity contribution in [1.82, 2.24) is 0 Å². The molecule has 1 atom stereocenters. The minimum Gasteiger partial charge on any atom is -0.429 e. The van der Waals surface area contributed by atoms with Crippen LogP contribution in [-0.2, 0) is 4.57 Å². The number of anilines is 1. The fraction of sp³-hybridized carbons (Fsp3) is 0.143. The lowest BCUT2D eigenvalue weighted by atomic mass is 10.2. The third-order valence-corrected chi connectivity index (χ3v) is 4.31. The Balaban J connectivity index is 2.16. The van der Waals surface area contributed by atoms with Gasteiger partial charge < -0.3 is 9.61 Å². The maximum atomic E-state index is 12.5. The van der Waals surface area contributed by atoms with Crippen molar-refractivity contribution < 1.29 is 9.09 Å². The minimum atomic E-state index is -3.05. The fourth-order valence-corrected chi connectivity index (χ4v) is 3.20. The summed E-state index contributed by atoms with van der Waals surface area (Å²) in [6.07, 6.45) is 0. The summed E-state index contributed by atoms with van der Waals surface area (Å²) < 4.78 is 18.0. The van der Waals surface area contributed by atoms with Gasteiger partial charge in [-0.05, 0) is 48.9 Å². The van der Waals surface area contributed by atoms with Gasteiger partial charge in [0.1, 0.15) is 5.75 Å². The van der Waals surface area contributed by atoms with E-state index in [-0.39, 0.29) is 0 Å². The van der Waals surface area contributed by atoms with Crippen LogP contribution in [0.15, 0.2) is 42.5 Å². The number of nitrogens with one attached hydrogen (secondary N) is 1. The number of aryl methyl sites for hydroxylation is 1. The Bertz CT molecular complexity index is 659. The van der Waals surface area contributed by atoms with E-state index >= 15 is 0 Å². The lowest BCUT2D eigenvalue weighted by Crippen LogP contribution is -2.03. The van der Waals surface area contributed by atoms with Crippen LogP contribution in [-0.4, -0.2) is 6.66 Å². The van der Waals surface area contributed by atoms with Gasteiger partial charge in [0.2, 0.25) is 0 Å². The highest BCUT2D eigenvalue weighted by molar-refractivity contribution is 7.60. The van der Waals surface area contributed by atoms with E-state index in [2.05, 4.69) is 5.09 Å². The van der Waals surface area contributed by atoms with Crippen molar-refractivity contribution in [3.05, 3.63) is 58.1 Å². The largest absolute Gasteiger partial charge is 0.429 e. The Labute approximate surface area is 128 Å². The summed E-state index contributed by atoms with van der Waals surface area (Å²) in [5.41, 5.74) is 1.63. The molecule has 0 fully saturated rings. The number of rotatable bonds is 4. The maximum absolute atomic E-state index is 12.5. The van der Waals surface area contributed by atoms with E-state index in [1.807, 2.05) is 13.0 Å². The van der Waals surface area contributed by atoms with E-state index in [0.29, 0.717) is 21.5 Å². The molecule has 0 saturated carbocycles. The van der Waals surface area contributed by atoms with Crippen molar-refractivity contribution in [3.8, 4) is 5.75 Å². The Hall–Kier alpha value is -1.15. The maximum Gasteiger partial charge on any atom is 0.338 e. The number of hydrogen-bond acceptors (Lipinski definition) is 2. The summed E-state index contributed by atoms with van der Waals surface area (Å²) in [6, 6.07) is 12.1. The normalized spacial score (nSPS) is 13.6. The van der Waals surface area contributed by atoms with Crippen molar-refractivity contribution in [2.24, 2.45) is 0 Å². The number of halogens is 2. The van der Waals surface area contributed by atoms with Crippen LogP contribution in [0.25, 0.3) is 0 Å². The van der Waals surface area contributed by atoms with Gasteiger partial charge in [-0.1, -0.05) is 29.3 Å². The SMILES string of the molecule is Cc1ccc(Cl)cc1N[P@](C)(=O)Oc1ccc(Cl)cc1. The topological polar surface area (TPSA) is 38.3 Å². The molecule has 0 aliphatic heterocycles. The second-order valence-electron chi connectivity index (χ2n) is 4.46. The van der Waals surface area contributed by atoms with Gasteiger partial charge in [-0.3, -0.25) is 4.57 Å². The van der Waals surface area contributed by atoms with Crippen LogP contribution >= 0.6 is 30.7 Å². The molecule has 1 N–H and O–H groups in total. The van der Waals surface area contributed by atoms with E-state index < -0.39 is 7.52 Å².